The monoisotopic (exact) mass is 485 g/mol. The van der Waals surface area contributed by atoms with E-state index in [9.17, 15) is 9.59 Å². The van der Waals surface area contributed by atoms with E-state index >= 15 is 0 Å². The summed E-state index contributed by atoms with van der Waals surface area (Å²) in [5, 5.41) is 7.67. The summed E-state index contributed by atoms with van der Waals surface area (Å²) >= 11 is 0. The van der Waals surface area contributed by atoms with Crippen LogP contribution in [0, 0.1) is 11.8 Å². The van der Waals surface area contributed by atoms with Crippen LogP contribution in [-0.2, 0) is 9.53 Å². The van der Waals surface area contributed by atoms with E-state index < -0.39 is 5.91 Å². The van der Waals surface area contributed by atoms with Crippen LogP contribution in [0.1, 0.15) is 53.0 Å². The molecule has 2 aromatic heterocycles. The van der Waals surface area contributed by atoms with Gasteiger partial charge in [0.2, 0.25) is 5.91 Å². The third-order valence-electron chi connectivity index (χ3n) is 6.46. The Hall–Kier alpha value is -4.52. The second kappa shape index (κ2) is 9.26. The third kappa shape index (κ3) is 4.09. The van der Waals surface area contributed by atoms with Gasteiger partial charge in [0.1, 0.15) is 17.6 Å². The molecule has 184 valence electrons. The minimum absolute atomic E-state index is 0.204. The van der Waals surface area contributed by atoms with Crippen LogP contribution in [0.5, 0.6) is 0 Å². The Morgan fingerprint density at radius 3 is 2.75 bits per heavy atom. The summed E-state index contributed by atoms with van der Waals surface area (Å²) in [7, 11) is 3.21. The van der Waals surface area contributed by atoms with Crippen LogP contribution in [-0.4, -0.2) is 56.7 Å². The van der Waals surface area contributed by atoms with Gasteiger partial charge < -0.3 is 25.3 Å². The van der Waals surface area contributed by atoms with Crippen LogP contribution in [0.25, 0.3) is 11.0 Å². The highest BCUT2D eigenvalue weighted by Crippen LogP contribution is 2.37. The number of anilines is 1. The number of primary amides is 1. The van der Waals surface area contributed by atoms with Crippen LogP contribution in [0.2, 0.25) is 0 Å². The number of nitrogens with one attached hydrogen (secondary N) is 1. The van der Waals surface area contributed by atoms with Crippen molar-refractivity contribution in [2.45, 2.75) is 31.3 Å². The van der Waals surface area contributed by atoms with Gasteiger partial charge in [-0.25, -0.2) is 9.67 Å². The number of benzene rings is 1. The van der Waals surface area contributed by atoms with E-state index in [0.717, 1.165) is 16.6 Å². The second-order valence-electron chi connectivity index (χ2n) is 8.82. The van der Waals surface area contributed by atoms with E-state index in [4.69, 9.17) is 10.5 Å². The van der Waals surface area contributed by atoms with Crippen molar-refractivity contribution >= 4 is 28.7 Å². The number of carbonyl (C=O) groups excluding carboxylic acids is 2. The lowest BCUT2D eigenvalue weighted by atomic mass is 10.1. The van der Waals surface area contributed by atoms with Gasteiger partial charge in [-0.05, 0) is 43.0 Å². The van der Waals surface area contributed by atoms with E-state index in [1.165, 1.54) is 32.3 Å². The van der Waals surface area contributed by atoms with Crippen molar-refractivity contribution in [3.05, 3.63) is 66.0 Å². The van der Waals surface area contributed by atoms with Gasteiger partial charge in [0.25, 0.3) is 5.91 Å². The summed E-state index contributed by atoms with van der Waals surface area (Å²) in [6, 6.07) is 6.17. The van der Waals surface area contributed by atoms with Crippen LogP contribution >= 0.6 is 0 Å². The minimum atomic E-state index is -0.641. The number of nitrogens with two attached hydrogens (primary N) is 1. The molecular weight excluding hydrogens is 458 g/mol. The Bertz CT molecular complexity index is 1470. The first-order valence-corrected chi connectivity index (χ1v) is 11.7. The van der Waals surface area contributed by atoms with E-state index in [1.807, 2.05) is 24.5 Å². The molecule has 2 aliphatic rings. The van der Waals surface area contributed by atoms with E-state index in [0.29, 0.717) is 30.5 Å². The number of rotatable bonds is 6. The van der Waals surface area contributed by atoms with Gasteiger partial charge in [0, 0.05) is 31.6 Å². The highest BCUT2D eigenvalue weighted by atomic mass is 16.5. The van der Waals surface area contributed by atoms with Crippen molar-refractivity contribution in [2.75, 3.05) is 26.0 Å². The van der Waals surface area contributed by atoms with Gasteiger partial charge >= 0.3 is 0 Å². The highest BCUT2D eigenvalue weighted by molar-refractivity contribution is 6.00. The minimum Gasteiger partial charge on any atom is -0.503 e. The summed E-state index contributed by atoms with van der Waals surface area (Å²) in [5.74, 6) is 5.69. The second-order valence-corrected chi connectivity index (χ2v) is 8.82. The molecule has 1 saturated carbocycles. The van der Waals surface area contributed by atoms with Crippen molar-refractivity contribution in [1.82, 2.24) is 24.2 Å². The lowest BCUT2D eigenvalue weighted by molar-refractivity contribution is -0.123. The quantitative estimate of drug-likeness (QED) is 0.315. The number of carbonyl (C=O) groups is 2. The molecule has 3 heterocycles. The molecule has 5 rings (SSSR count). The Morgan fingerprint density at radius 1 is 1.28 bits per heavy atom. The number of imidazole rings is 1. The standard InChI is InChI=1S/C26H27N7O3/c1-4-23(34)31-13-18(12-19(31)14-36-3)33-26(28-2)24(25(27)35)20(30-33)9-5-16-6-10-22-21(11-16)29-15-32(22)17-7-8-17/h4,6,10-11,14-15,17-18,28H,1,7-8,12-13H2,2-3H3,(H2,27,35)/b19-14+/t18-/m0/s1. The zero-order valence-corrected chi connectivity index (χ0v) is 20.2. The zero-order valence-electron chi connectivity index (χ0n) is 20.2. The average molecular weight is 486 g/mol. The smallest absolute Gasteiger partial charge is 0.255 e. The molecule has 2 amide bonds. The summed E-state index contributed by atoms with van der Waals surface area (Å²) in [6.07, 6.45) is 7.49. The maximum Gasteiger partial charge on any atom is 0.255 e. The zero-order chi connectivity index (χ0) is 25.4. The number of fused-ring (bicyclic) bond motifs is 1. The molecule has 3 aromatic rings. The summed E-state index contributed by atoms with van der Waals surface area (Å²) in [4.78, 5) is 30.9. The van der Waals surface area contributed by atoms with Crippen LogP contribution < -0.4 is 11.1 Å². The number of hydrogen-bond acceptors (Lipinski definition) is 6. The molecule has 0 radical (unpaired) electrons. The Labute approximate surface area is 208 Å². The SMILES string of the molecule is C=CC(=O)N1C[C@@H](n2nc(C#Cc3ccc4c(c3)ncn4C3CC3)c(C(N)=O)c2NC)C/C1=C\OC. The third-order valence-corrected chi connectivity index (χ3v) is 6.46. The van der Waals surface area contributed by atoms with Crippen molar-refractivity contribution in [3.8, 4) is 11.8 Å². The van der Waals surface area contributed by atoms with Crippen molar-refractivity contribution in [1.29, 1.82) is 0 Å². The van der Waals surface area contributed by atoms with Crippen LogP contribution in [0.4, 0.5) is 5.82 Å². The summed E-state index contributed by atoms with van der Waals surface area (Å²) < 4.78 is 9.03. The molecule has 0 spiro atoms. The maximum atomic E-state index is 12.4. The topological polar surface area (TPSA) is 120 Å². The number of methoxy groups -OCH3 is 1. The molecule has 0 unspecified atom stereocenters. The molecule has 1 atom stereocenters. The Morgan fingerprint density at radius 2 is 2.08 bits per heavy atom. The first-order chi connectivity index (χ1) is 17.4. The van der Waals surface area contributed by atoms with Gasteiger partial charge in [0.15, 0.2) is 5.69 Å². The molecular formula is C26H27N7O3. The molecule has 1 aliphatic heterocycles. The molecule has 10 heteroatoms. The fraction of sp³-hybridized carbons (Fsp3) is 0.308. The molecule has 1 aromatic carbocycles. The number of aromatic nitrogens is 4. The number of amides is 2. The van der Waals surface area contributed by atoms with E-state index in [1.54, 1.807) is 16.6 Å². The Balaban J connectivity index is 1.50. The summed E-state index contributed by atoms with van der Waals surface area (Å²) in [5.41, 5.74) is 9.61. The average Bonchev–Trinajstić information content (AvgIpc) is 3.33. The van der Waals surface area contributed by atoms with Crippen molar-refractivity contribution in [2.24, 2.45) is 5.73 Å². The van der Waals surface area contributed by atoms with Gasteiger partial charge in [-0.1, -0.05) is 12.5 Å². The molecule has 0 bridgehead atoms. The van der Waals surface area contributed by atoms with Crippen molar-refractivity contribution < 1.29 is 14.3 Å². The van der Waals surface area contributed by atoms with Gasteiger partial charge in [-0.15, -0.1) is 0 Å². The number of likely N-dealkylation sites (tertiary alicyclic amines) is 1. The highest BCUT2D eigenvalue weighted by Gasteiger charge is 2.35. The van der Waals surface area contributed by atoms with Gasteiger partial charge in [0.05, 0.1) is 36.2 Å². The van der Waals surface area contributed by atoms with Crippen LogP contribution in [0.15, 0.2) is 49.1 Å². The fourth-order valence-corrected chi connectivity index (χ4v) is 4.64. The maximum absolute atomic E-state index is 12.4. The van der Waals surface area contributed by atoms with Crippen molar-refractivity contribution in [3.63, 3.8) is 0 Å². The number of hydrogen-bond donors (Lipinski definition) is 2. The number of ether oxygens (including phenoxy) is 1. The van der Waals surface area contributed by atoms with Crippen LogP contribution in [0.3, 0.4) is 0 Å². The molecule has 36 heavy (non-hydrogen) atoms. The fourth-order valence-electron chi connectivity index (χ4n) is 4.64. The number of allylic oxidation sites excluding steroid dienone is 1. The number of nitrogens with zero attached hydrogens (tertiary/aromatic N) is 5. The predicted octanol–water partition coefficient (Wildman–Crippen LogP) is 2.56. The first kappa shape index (κ1) is 23.2. The van der Waals surface area contributed by atoms with Gasteiger partial charge in [-0.2, -0.15) is 5.10 Å². The largest absolute Gasteiger partial charge is 0.503 e. The normalized spacial score (nSPS) is 18.2. The molecule has 1 saturated heterocycles. The molecule has 1 aliphatic carbocycles. The van der Waals surface area contributed by atoms with Gasteiger partial charge in [-0.3, -0.25) is 9.59 Å². The molecule has 3 N–H and O–H groups in total. The van der Waals surface area contributed by atoms with E-state index in [2.05, 4.69) is 38.4 Å². The molecule has 10 nitrogen and oxygen atoms in total. The Kier molecular flexibility index (Phi) is 5.98. The predicted molar refractivity (Wildman–Crippen MR) is 135 cm³/mol. The summed E-state index contributed by atoms with van der Waals surface area (Å²) in [6.45, 7) is 3.91. The first-order valence-electron chi connectivity index (χ1n) is 11.7. The molecule has 2 fully saturated rings. The lowest BCUT2D eigenvalue weighted by Gasteiger charge is -2.16. The van der Waals surface area contributed by atoms with E-state index in [-0.39, 0.29) is 23.2 Å². The lowest BCUT2D eigenvalue weighted by Crippen LogP contribution is -2.27.